The third kappa shape index (κ3) is 3.26. The lowest BCUT2D eigenvalue weighted by Gasteiger charge is -2.32. The van der Waals surface area contributed by atoms with E-state index >= 15 is 0 Å². The summed E-state index contributed by atoms with van der Waals surface area (Å²) in [7, 11) is 1.57. The lowest BCUT2D eigenvalue weighted by molar-refractivity contribution is -0.142. The summed E-state index contributed by atoms with van der Waals surface area (Å²) < 4.78 is 5.11. The Balaban J connectivity index is 2.09. The zero-order valence-corrected chi connectivity index (χ0v) is 11.5. The molecule has 0 saturated carbocycles. The quantitative estimate of drug-likeness (QED) is 0.907. The molecule has 1 saturated heterocycles. The van der Waals surface area contributed by atoms with E-state index in [0.29, 0.717) is 17.2 Å². The zero-order valence-electron chi connectivity index (χ0n) is 11.5. The summed E-state index contributed by atoms with van der Waals surface area (Å²) in [4.78, 5) is 14.0. The number of hydrogen-bond donors (Lipinski definition) is 1. The van der Waals surface area contributed by atoms with E-state index in [2.05, 4.69) is 6.92 Å². The Hall–Kier alpha value is -1.55. The highest BCUT2D eigenvalue weighted by molar-refractivity contribution is 5.82. The van der Waals surface area contributed by atoms with Crippen molar-refractivity contribution in [1.29, 1.82) is 0 Å². The van der Waals surface area contributed by atoms with Crippen LogP contribution in [0.5, 0.6) is 5.75 Å². The van der Waals surface area contributed by atoms with Gasteiger partial charge in [-0.15, -0.1) is 0 Å². The average Bonchev–Trinajstić information content (AvgIpc) is 2.45. The minimum Gasteiger partial charge on any atom is -0.497 e. The Kier molecular flexibility index (Phi) is 4.43. The molecule has 4 nitrogen and oxygen atoms in total. The van der Waals surface area contributed by atoms with Gasteiger partial charge in [-0.3, -0.25) is 4.79 Å². The van der Waals surface area contributed by atoms with Gasteiger partial charge in [-0.05, 0) is 36.5 Å². The van der Waals surface area contributed by atoms with E-state index < -0.39 is 6.10 Å². The number of hydrogen-bond acceptors (Lipinski definition) is 3. The van der Waals surface area contributed by atoms with Gasteiger partial charge in [-0.2, -0.15) is 0 Å². The molecule has 0 spiro atoms. The molecule has 1 aliphatic rings. The number of benzene rings is 1. The Morgan fingerprint density at radius 1 is 1.53 bits per heavy atom. The second kappa shape index (κ2) is 6.06. The van der Waals surface area contributed by atoms with Crippen LogP contribution in [-0.2, 0) is 4.79 Å². The number of carbonyl (C=O) groups excluding carboxylic acids is 1. The van der Waals surface area contributed by atoms with Crippen molar-refractivity contribution in [3.05, 3.63) is 29.8 Å². The van der Waals surface area contributed by atoms with E-state index in [1.54, 1.807) is 36.3 Å². The number of aliphatic hydroxyl groups is 1. The fraction of sp³-hybridized carbons (Fsp3) is 0.533. The first-order valence-corrected chi connectivity index (χ1v) is 6.72. The van der Waals surface area contributed by atoms with Crippen LogP contribution in [-0.4, -0.2) is 36.1 Å². The number of nitrogens with zero attached hydrogens (tertiary/aromatic N) is 1. The number of methoxy groups -OCH3 is 1. The molecule has 0 bridgehead atoms. The normalized spacial score (nSPS) is 21.0. The van der Waals surface area contributed by atoms with E-state index in [9.17, 15) is 9.90 Å². The van der Waals surface area contributed by atoms with Gasteiger partial charge in [-0.25, -0.2) is 0 Å². The molecule has 1 aliphatic heterocycles. The van der Waals surface area contributed by atoms with Crippen molar-refractivity contribution in [2.45, 2.75) is 25.9 Å². The lowest BCUT2D eigenvalue weighted by atomic mass is 9.99. The van der Waals surface area contributed by atoms with Crippen molar-refractivity contribution in [1.82, 2.24) is 4.90 Å². The standard InChI is InChI=1S/C15H21NO3/c1-11-5-4-8-16(10-11)15(18)14(17)12-6-3-7-13(9-12)19-2/h3,6-7,9,11,14,17H,4-5,8,10H2,1-2H3. The lowest BCUT2D eigenvalue weighted by Crippen LogP contribution is -2.41. The number of rotatable bonds is 3. The van der Waals surface area contributed by atoms with E-state index in [-0.39, 0.29) is 5.91 Å². The van der Waals surface area contributed by atoms with E-state index in [1.165, 1.54) is 0 Å². The molecular formula is C15H21NO3. The van der Waals surface area contributed by atoms with E-state index in [4.69, 9.17) is 4.74 Å². The predicted octanol–water partition coefficient (Wildman–Crippen LogP) is 1.99. The third-order valence-corrected chi connectivity index (χ3v) is 3.61. The van der Waals surface area contributed by atoms with Crippen LogP contribution in [0.2, 0.25) is 0 Å². The van der Waals surface area contributed by atoms with Crippen molar-refractivity contribution in [2.75, 3.05) is 20.2 Å². The van der Waals surface area contributed by atoms with Crippen LogP contribution in [0, 0.1) is 5.92 Å². The minimum absolute atomic E-state index is 0.209. The maximum Gasteiger partial charge on any atom is 0.256 e. The molecule has 2 rings (SSSR count). The summed E-state index contributed by atoms with van der Waals surface area (Å²) >= 11 is 0. The summed E-state index contributed by atoms with van der Waals surface area (Å²) in [6, 6.07) is 7.03. The SMILES string of the molecule is COc1cccc(C(O)C(=O)N2CCCC(C)C2)c1. The molecule has 1 heterocycles. The molecule has 104 valence electrons. The van der Waals surface area contributed by atoms with Crippen LogP contribution < -0.4 is 4.74 Å². The summed E-state index contributed by atoms with van der Waals surface area (Å²) in [5.41, 5.74) is 0.586. The molecule has 2 unspecified atom stereocenters. The van der Waals surface area contributed by atoms with Crippen molar-refractivity contribution < 1.29 is 14.6 Å². The van der Waals surface area contributed by atoms with Crippen LogP contribution in [0.4, 0.5) is 0 Å². The summed E-state index contributed by atoms with van der Waals surface area (Å²) in [5.74, 6) is 0.950. The number of carbonyl (C=O) groups is 1. The molecule has 1 aromatic rings. The average molecular weight is 263 g/mol. The van der Waals surface area contributed by atoms with Gasteiger partial charge in [0.15, 0.2) is 6.10 Å². The Bertz CT molecular complexity index is 447. The van der Waals surface area contributed by atoms with Crippen molar-refractivity contribution in [2.24, 2.45) is 5.92 Å². The maximum atomic E-state index is 12.3. The number of amides is 1. The molecule has 4 heteroatoms. The predicted molar refractivity (Wildman–Crippen MR) is 72.9 cm³/mol. The van der Waals surface area contributed by atoms with Gasteiger partial charge in [-0.1, -0.05) is 19.1 Å². The van der Waals surface area contributed by atoms with Gasteiger partial charge >= 0.3 is 0 Å². The Morgan fingerprint density at radius 3 is 3.00 bits per heavy atom. The molecule has 1 fully saturated rings. The number of ether oxygens (including phenoxy) is 1. The highest BCUT2D eigenvalue weighted by atomic mass is 16.5. The van der Waals surface area contributed by atoms with Crippen molar-refractivity contribution in [3.8, 4) is 5.75 Å². The molecular weight excluding hydrogens is 242 g/mol. The van der Waals surface area contributed by atoms with E-state index in [1.807, 2.05) is 0 Å². The van der Waals surface area contributed by atoms with Gasteiger partial charge in [0.25, 0.3) is 5.91 Å². The summed E-state index contributed by atoms with van der Waals surface area (Å²) in [6.07, 6.45) is 1.07. The largest absolute Gasteiger partial charge is 0.497 e. The van der Waals surface area contributed by atoms with Crippen LogP contribution in [0.25, 0.3) is 0 Å². The topological polar surface area (TPSA) is 49.8 Å². The van der Waals surface area contributed by atoms with Crippen LogP contribution >= 0.6 is 0 Å². The molecule has 19 heavy (non-hydrogen) atoms. The maximum absolute atomic E-state index is 12.3. The second-order valence-electron chi connectivity index (χ2n) is 5.21. The van der Waals surface area contributed by atoms with Gasteiger partial charge in [0.05, 0.1) is 7.11 Å². The first kappa shape index (κ1) is 13.9. The van der Waals surface area contributed by atoms with Crippen LogP contribution in [0.1, 0.15) is 31.4 Å². The fourth-order valence-electron chi connectivity index (χ4n) is 2.52. The fourth-order valence-corrected chi connectivity index (χ4v) is 2.52. The first-order valence-electron chi connectivity index (χ1n) is 6.72. The van der Waals surface area contributed by atoms with Crippen LogP contribution in [0.3, 0.4) is 0 Å². The van der Waals surface area contributed by atoms with Crippen molar-refractivity contribution >= 4 is 5.91 Å². The number of likely N-dealkylation sites (tertiary alicyclic amines) is 1. The minimum atomic E-state index is -1.10. The van der Waals surface area contributed by atoms with Gasteiger partial charge in [0, 0.05) is 13.1 Å². The third-order valence-electron chi connectivity index (χ3n) is 3.61. The molecule has 2 atom stereocenters. The van der Waals surface area contributed by atoms with E-state index in [0.717, 1.165) is 25.9 Å². The molecule has 0 aliphatic carbocycles. The van der Waals surface area contributed by atoms with Gasteiger partial charge < -0.3 is 14.7 Å². The molecule has 1 amide bonds. The van der Waals surface area contributed by atoms with Gasteiger partial charge in [0.1, 0.15) is 5.75 Å². The summed E-state index contributed by atoms with van der Waals surface area (Å²) in [6.45, 7) is 3.61. The second-order valence-corrected chi connectivity index (χ2v) is 5.21. The summed E-state index contributed by atoms with van der Waals surface area (Å²) in [5, 5.41) is 10.2. The number of piperidine rings is 1. The van der Waals surface area contributed by atoms with Crippen molar-refractivity contribution in [3.63, 3.8) is 0 Å². The smallest absolute Gasteiger partial charge is 0.256 e. The Labute approximate surface area is 114 Å². The molecule has 0 aromatic heterocycles. The number of aliphatic hydroxyl groups excluding tert-OH is 1. The Morgan fingerprint density at radius 2 is 2.32 bits per heavy atom. The highest BCUT2D eigenvalue weighted by Gasteiger charge is 2.27. The zero-order chi connectivity index (χ0) is 13.8. The van der Waals surface area contributed by atoms with Crippen LogP contribution in [0.15, 0.2) is 24.3 Å². The molecule has 1 aromatic carbocycles. The first-order chi connectivity index (χ1) is 9.11. The molecule has 1 N–H and O–H groups in total. The highest BCUT2D eigenvalue weighted by Crippen LogP contribution is 2.23. The monoisotopic (exact) mass is 263 g/mol. The van der Waals surface area contributed by atoms with Gasteiger partial charge in [0.2, 0.25) is 0 Å². The molecule has 0 radical (unpaired) electrons.